The third-order valence-electron chi connectivity index (χ3n) is 3.16. The topological polar surface area (TPSA) is 64.3 Å². The van der Waals surface area contributed by atoms with E-state index in [1.807, 2.05) is 0 Å². The summed E-state index contributed by atoms with van der Waals surface area (Å²) < 4.78 is 5.78. The number of amides is 1. The molecule has 0 aromatic heterocycles. The first-order chi connectivity index (χ1) is 7.74. The summed E-state index contributed by atoms with van der Waals surface area (Å²) in [5.74, 6) is 0.677. The molecule has 0 spiro atoms. The minimum atomic E-state index is 0.0165. The van der Waals surface area contributed by atoms with Crippen molar-refractivity contribution in [2.75, 3.05) is 19.7 Å². The normalized spacial score (nSPS) is 25.4. The van der Waals surface area contributed by atoms with Crippen LogP contribution >= 0.6 is 0 Å². The molecular weight excluding hydrogens is 204 g/mol. The highest BCUT2D eigenvalue weighted by atomic mass is 16.5. The summed E-state index contributed by atoms with van der Waals surface area (Å²) in [5.41, 5.74) is 5.28. The predicted octanol–water partition coefficient (Wildman–Crippen LogP) is 1.05. The molecule has 4 heteroatoms. The van der Waals surface area contributed by atoms with Crippen LogP contribution in [0.15, 0.2) is 0 Å². The van der Waals surface area contributed by atoms with Crippen LogP contribution in [-0.2, 0) is 9.53 Å². The van der Waals surface area contributed by atoms with E-state index < -0.39 is 0 Å². The van der Waals surface area contributed by atoms with E-state index in [2.05, 4.69) is 12.2 Å². The fraction of sp³-hybridized carbons (Fsp3) is 0.917. The van der Waals surface area contributed by atoms with Crippen molar-refractivity contribution in [3.8, 4) is 0 Å². The maximum absolute atomic E-state index is 11.1. The van der Waals surface area contributed by atoms with E-state index >= 15 is 0 Å². The minimum absolute atomic E-state index is 0.0165. The molecule has 0 aromatic rings. The van der Waals surface area contributed by atoms with Crippen LogP contribution in [0.3, 0.4) is 0 Å². The van der Waals surface area contributed by atoms with Crippen LogP contribution < -0.4 is 11.1 Å². The first-order valence-electron chi connectivity index (χ1n) is 6.32. The zero-order valence-corrected chi connectivity index (χ0v) is 10.2. The Bertz CT molecular complexity index is 209. The van der Waals surface area contributed by atoms with Gasteiger partial charge in [-0.05, 0) is 18.8 Å². The standard InChI is InChI=1S/C12H24N2O2/c1-10-4-2-3-5-11(10)16-9-8-14-12(15)6-7-13/h10-11H,2-9,13H2,1H3,(H,14,15). The molecule has 1 aliphatic rings. The van der Waals surface area contributed by atoms with Crippen molar-refractivity contribution < 1.29 is 9.53 Å². The van der Waals surface area contributed by atoms with Gasteiger partial charge in [0.25, 0.3) is 0 Å². The van der Waals surface area contributed by atoms with Crippen molar-refractivity contribution >= 4 is 5.91 Å². The molecule has 1 amide bonds. The van der Waals surface area contributed by atoms with Crippen molar-refractivity contribution in [3.63, 3.8) is 0 Å². The molecule has 0 aliphatic heterocycles. The second-order valence-corrected chi connectivity index (χ2v) is 4.56. The molecule has 2 atom stereocenters. The van der Waals surface area contributed by atoms with Crippen LogP contribution in [0, 0.1) is 5.92 Å². The molecule has 94 valence electrons. The Labute approximate surface area is 97.9 Å². The molecule has 1 saturated carbocycles. The minimum Gasteiger partial charge on any atom is -0.376 e. The number of carbonyl (C=O) groups excluding carboxylic acids is 1. The maximum Gasteiger partial charge on any atom is 0.221 e. The summed E-state index contributed by atoms with van der Waals surface area (Å²) in [7, 11) is 0. The van der Waals surface area contributed by atoms with Crippen molar-refractivity contribution in [1.82, 2.24) is 5.32 Å². The second kappa shape index (κ2) is 7.63. The van der Waals surface area contributed by atoms with Crippen LogP contribution in [0.5, 0.6) is 0 Å². The van der Waals surface area contributed by atoms with E-state index in [0.717, 1.165) is 6.42 Å². The zero-order chi connectivity index (χ0) is 11.8. The van der Waals surface area contributed by atoms with Gasteiger partial charge in [0.05, 0.1) is 12.7 Å². The van der Waals surface area contributed by atoms with E-state index in [-0.39, 0.29) is 5.91 Å². The van der Waals surface area contributed by atoms with Gasteiger partial charge >= 0.3 is 0 Å². The monoisotopic (exact) mass is 228 g/mol. The van der Waals surface area contributed by atoms with Gasteiger partial charge in [-0.2, -0.15) is 0 Å². The summed E-state index contributed by atoms with van der Waals surface area (Å²) >= 11 is 0. The van der Waals surface area contributed by atoms with E-state index in [4.69, 9.17) is 10.5 Å². The van der Waals surface area contributed by atoms with Crippen LogP contribution in [0.4, 0.5) is 0 Å². The molecule has 4 nitrogen and oxygen atoms in total. The highest BCUT2D eigenvalue weighted by Crippen LogP contribution is 2.25. The molecule has 0 aromatic carbocycles. The first kappa shape index (κ1) is 13.5. The van der Waals surface area contributed by atoms with E-state index in [9.17, 15) is 4.79 Å². The predicted molar refractivity (Wildman–Crippen MR) is 64.1 cm³/mol. The Morgan fingerprint density at radius 1 is 1.44 bits per heavy atom. The first-order valence-corrected chi connectivity index (χ1v) is 6.32. The average molecular weight is 228 g/mol. The third kappa shape index (κ3) is 4.94. The summed E-state index contributed by atoms with van der Waals surface area (Å²) in [6, 6.07) is 0. The molecule has 0 heterocycles. The Morgan fingerprint density at radius 2 is 2.19 bits per heavy atom. The van der Waals surface area contributed by atoms with Gasteiger partial charge in [-0.1, -0.05) is 19.8 Å². The van der Waals surface area contributed by atoms with E-state index in [1.165, 1.54) is 19.3 Å². The second-order valence-electron chi connectivity index (χ2n) is 4.56. The van der Waals surface area contributed by atoms with Gasteiger partial charge in [0.2, 0.25) is 5.91 Å². The number of nitrogens with two attached hydrogens (primary N) is 1. The van der Waals surface area contributed by atoms with Gasteiger partial charge in [-0.25, -0.2) is 0 Å². The zero-order valence-electron chi connectivity index (χ0n) is 10.2. The van der Waals surface area contributed by atoms with Crippen LogP contribution in [0.1, 0.15) is 39.0 Å². The Balaban J connectivity index is 2.03. The summed E-state index contributed by atoms with van der Waals surface area (Å²) in [6.07, 6.45) is 5.82. The number of hydrogen-bond acceptors (Lipinski definition) is 3. The smallest absolute Gasteiger partial charge is 0.221 e. The van der Waals surface area contributed by atoms with Gasteiger partial charge in [0, 0.05) is 19.5 Å². The fourth-order valence-electron chi connectivity index (χ4n) is 2.15. The lowest BCUT2D eigenvalue weighted by molar-refractivity contribution is -0.121. The SMILES string of the molecule is CC1CCCCC1OCCNC(=O)CCN. The molecule has 0 bridgehead atoms. The Morgan fingerprint density at radius 3 is 2.88 bits per heavy atom. The molecule has 1 rings (SSSR count). The average Bonchev–Trinajstić information content (AvgIpc) is 2.27. The summed E-state index contributed by atoms with van der Waals surface area (Å²) in [5, 5.41) is 2.79. The molecule has 0 saturated heterocycles. The molecule has 1 aliphatic carbocycles. The number of hydrogen-bond donors (Lipinski definition) is 2. The molecule has 16 heavy (non-hydrogen) atoms. The van der Waals surface area contributed by atoms with Gasteiger partial charge in [-0.15, -0.1) is 0 Å². The third-order valence-corrected chi connectivity index (χ3v) is 3.16. The number of carbonyl (C=O) groups is 1. The number of ether oxygens (including phenoxy) is 1. The highest BCUT2D eigenvalue weighted by molar-refractivity contribution is 5.75. The van der Waals surface area contributed by atoms with Gasteiger partial charge in [0.1, 0.15) is 0 Å². The van der Waals surface area contributed by atoms with Gasteiger partial charge < -0.3 is 15.8 Å². The molecule has 3 N–H and O–H groups in total. The van der Waals surface area contributed by atoms with Crippen molar-refractivity contribution in [3.05, 3.63) is 0 Å². The van der Waals surface area contributed by atoms with Crippen LogP contribution in [-0.4, -0.2) is 31.7 Å². The number of rotatable bonds is 6. The lowest BCUT2D eigenvalue weighted by atomic mass is 9.88. The molecular formula is C12H24N2O2. The lowest BCUT2D eigenvalue weighted by Crippen LogP contribution is -2.32. The summed E-state index contributed by atoms with van der Waals surface area (Å²) in [4.78, 5) is 11.1. The van der Waals surface area contributed by atoms with E-state index in [1.54, 1.807) is 0 Å². The van der Waals surface area contributed by atoms with Crippen molar-refractivity contribution in [1.29, 1.82) is 0 Å². The molecule has 2 unspecified atom stereocenters. The molecule has 0 radical (unpaired) electrons. The lowest BCUT2D eigenvalue weighted by Gasteiger charge is -2.28. The van der Waals surface area contributed by atoms with Crippen molar-refractivity contribution in [2.45, 2.75) is 45.1 Å². The van der Waals surface area contributed by atoms with Crippen molar-refractivity contribution in [2.24, 2.45) is 11.7 Å². The Kier molecular flexibility index (Phi) is 6.42. The van der Waals surface area contributed by atoms with Gasteiger partial charge in [-0.3, -0.25) is 4.79 Å². The van der Waals surface area contributed by atoms with E-state index in [0.29, 0.717) is 38.1 Å². The van der Waals surface area contributed by atoms with Gasteiger partial charge in [0.15, 0.2) is 0 Å². The Hall–Kier alpha value is -0.610. The molecule has 1 fully saturated rings. The quantitative estimate of drug-likeness (QED) is 0.668. The largest absolute Gasteiger partial charge is 0.376 e. The van der Waals surface area contributed by atoms with Crippen LogP contribution in [0.2, 0.25) is 0 Å². The number of nitrogens with one attached hydrogen (secondary N) is 1. The highest BCUT2D eigenvalue weighted by Gasteiger charge is 2.21. The maximum atomic E-state index is 11.1. The summed E-state index contributed by atoms with van der Waals surface area (Å²) in [6.45, 7) is 3.87. The fourth-order valence-corrected chi connectivity index (χ4v) is 2.15. The van der Waals surface area contributed by atoms with Crippen LogP contribution in [0.25, 0.3) is 0 Å².